The third-order valence-electron chi connectivity index (χ3n) is 2.94. The maximum absolute atomic E-state index is 13.7. The molecule has 0 aromatic heterocycles. The largest absolute Gasteiger partial charge is 0.481 e. The van der Waals surface area contributed by atoms with Crippen molar-refractivity contribution in [2.75, 3.05) is 13.1 Å². The first-order valence-electron chi connectivity index (χ1n) is 6.45. The van der Waals surface area contributed by atoms with Crippen LogP contribution in [0.15, 0.2) is 18.2 Å². The first-order chi connectivity index (χ1) is 9.40. The van der Waals surface area contributed by atoms with E-state index in [2.05, 4.69) is 0 Å². The average molecular weight is 298 g/mol. The Morgan fingerprint density at radius 3 is 2.50 bits per heavy atom. The molecule has 0 aliphatic rings. The van der Waals surface area contributed by atoms with Gasteiger partial charge in [-0.25, -0.2) is 4.39 Å². The molecule has 1 aromatic carbocycles. The molecule has 4 nitrogen and oxygen atoms in total. The summed E-state index contributed by atoms with van der Waals surface area (Å²) in [4.78, 5) is 13.7. The van der Waals surface area contributed by atoms with E-state index in [0.717, 1.165) is 0 Å². The Kier molecular flexibility index (Phi) is 5.88. The van der Waals surface area contributed by atoms with Crippen LogP contribution in [0, 0.1) is 5.82 Å². The van der Waals surface area contributed by atoms with Gasteiger partial charge in [0, 0.05) is 24.7 Å². The first kappa shape index (κ1) is 16.4. The molecule has 1 aromatic rings. The van der Waals surface area contributed by atoms with Crippen molar-refractivity contribution in [3.63, 3.8) is 0 Å². The van der Waals surface area contributed by atoms with E-state index in [1.807, 2.05) is 13.8 Å². The molecule has 0 radical (unpaired) electrons. The standard InChI is InChI=1S/C14H19FN2O2S/c1-4-17(5-2)14(18)9(3)19-10-6-7-11(13(16)20)12(15)8-10/h6-9H,4-5H2,1-3H3,(H2,16,20). The van der Waals surface area contributed by atoms with Crippen molar-refractivity contribution in [1.82, 2.24) is 4.90 Å². The molecule has 0 aliphatic carbocycles. The third kappa shape index (κ3) is 3.90. The molecule has 0 saturated heterocycles. The number of thiocarbonyl (C=S) groups is 1. The van der Waals surface area contributed by atoms with Crippen LogP contribution in [-0.2, 0) is 4.79 Å². The van der Waals surface area contributed by atoms with Crippen LogP contribution < -0.4 is 10.5 Å². The normalized spacial score (nSPS) is 11.8. The summed E-state index contributed by atoms with van der Waals surface area (Å²) in [5.41, 5.74) is 5.54. The number of halogens is 1. The predicted octanol–water partition coefficient (Wildman–Crippen LogP) is 2.10. The molecule has 0 saturated carbocycles. The lowest BCUT2D eigenvalue weighted by molar-refractivity contribution is -0.137. The van der Waals surface area contributed by atoms with Crippen LogP contribution in [0.2, 0.25) is 0 Å². The Morgan fingerprint density at radius 1 is 1.45 bits per heavy atom. The summed E-state index contributed by atoms with van der Waals surface area (Å²) in [6.45, 7) is 6.64. The molecular weight excluding hydrogens is 279 g/mol. The van der Waals surface area contributed by atoms with Gasteiger partial charge in [-0.1, -0.05) is 12.2 Å². The molecule has 0 bridgehead atoms. The van der Waals surface area contributed by atoms with Crippen molar-refractivity contribution in [2.45, 2.75) is 26.9 Å². The zero-order valence-corrected chi connectivity index (χ0v) is 12.7. The molecule has 110 valence electrons. The minimum Gasteiger partial charge on any atom is -0.481 e. The number of rotatable bonds is 6. The van der Waals surface area contributed by atoms with Crippen LogP contribution in [0.4, 0.5) is 4.39 Å². The van der Waals surface area contributed by atoms with E-state index in [0.29, 0.717) is 13.1 Å². The molecular formula is C14H19FN2O2S. The van der Waals surface area contributed by atoms with E-state index in [4.69, 9.17) is 22.7 Å². The fourth-order valence-corrected chi connectivity index (χ4v) is 1.98. The Balaban J connectivity index is 2.81. The van der Waals surface area contributed by atoms with Gasteiger partial charge in [0.15, 0.2) is 6.10 Å². The topological polar surface area (TPSA) is 55.6 Å². The number of nitrogens with zero attached hydrogens (tertiary/aromatic N) is 1. The lowest BCUT2D eigenvalue weighted by atomic mass is 10.2. The van der Waals surface area contributed by atoms with Gasteiger partial charge in [-0.05, 0) is 32.9 Å². The Labute approximate surface area is 123 Å². The van der Waals surface area contributed by atoms with Gasteiger partial charge >= 0.3 is 0 Å². The van der Waals surface area contributed by atoms with Crippen LogP contribution in [0.25, 0.3) is 0 Å². The van der Waals surface area contributed by atoms with Crippen molar-refractivity contribution in [2.24, 2.45) is 5.73 Å². The average Bonchev–Trinajstić information content (AvgIpc) is 2.39. The van der Waals surface area contributed by atoms with E-state index in [-0.39, 0.29) is 22.2 Å². The third-order valence-corrected chi connectivity index (χ3v) is 3.16. The number of hydrogen-bond donors (Lipinski definition) is 1. The second-order valence-electron chi connectivity index (χ2n) is 4.28. The Morgan fingerprint density at radius 2 is 2.05 bits per heavy atom. The maximum atomic E-state index is 13.7. The van der Waals surface area contributed by atoms with E-state index in [1.54, 1.807) is 17.9 Å². The summed E-state index contributed by atoms with van der Waals surface area (Å²) in [5, 5.41) is 0. The van der Waals surface area contributed by atoms with E-state index in [1.165, 1.54) is 12.1 Å². The molecule has 1 amide bonds. The van der Waals surface area contributed by atoms with Gasteiger partial charge in [-0.2, -0.15) is 0 Å². The van der Waals surface area contributed by atoms with Gasteiger partial charge in [0.1, 0.15) is 16.6 Å². The second kappa shape index (κ2) is 7.19. The van der Waals surface area contributed by atoms with Gasteiger partial charge in [0.05, 0.1) is 0 Å². The van der Waals surface area contributed by atoms with Gasteiger partial charge in [0.25, 0.3) is 5.91 Å². The van der Waals surface area contributed by atoms with Crippen molar-refractivity contribution >= 4 is 23.1 Å². The summed E-state index contributed by atoms with van der Waals surface area (Å²) in [5.74, 6) is -0.415. The summed E-state index contributed by atoms with van der Waals surface area (Å²) in [6, 6.07) is 4.17. The SMILES string of the molecule is CCN(CC)C(=O)C(C)Oc1ccc(C(N)=S)c(F)c1. The minimum absolute atomic E-state index is 0.0127. The van der Waals surface area contributed by atoms with Crippen LogP contribution in [0.5, 0.6) is 5.75 Å². The highest BCUT2D eigenvalue weighted by Gasteiger charge is 2.20. The zero-order valence-electron chi connectivity index (χ0n) is 11.9. The molecule has 0 heterocycles. The molecule has 20 heavy (non-hydrogen) atoms. The van der Waals surface area contributed by atoms with Crippen molar-refractivity contribution in [1.29, 1.82) is 0 Å². The highest BCUT2D eigenvalue weighted by molar-refractivity contribution is 7.80. The number of carbonyl (C=O) groups is 1. The van der Waals surface area contributed by atoms with Gasteiger partial charge in [-0.15, -0.1) is 0 Å². The molecule has 1 unspecified atom stereocenters. The number of benzene rings is 1. The molecule has 6 heteroatoms. The quantitative estimate of drug-likeness (QED) is 0.817. The maximum Gasteiger partial charge on any atom is 0.263 e. The zero-order chi connectivity index (χ0) is 15.3. The predicted molar refractivity (Wildman–Crippen MR) is 80.3 cm³/mol. The van der Waals surface area contributed by atoms with Gasteiger partial charge in [-0.3, -0.25) is 4.79 Å². The number of ether oxygens (including phenoxy) is 1. The van der Waals surface area contributed by atoms with Gasteiger partial charge < -0.3 is 15.4 Å². The molecule has 0 spiro atoms. The number of hydrogen-bond acceptors (Lipinski definition) is 3. The van der Waals surface area contributed by atoms with Crippen molar-refractivity contribution in [3.8, 4) is 5.75 Å². The van der Waals surface area contributed by atoms with Crippen LogP contribution in [0.3, 0.4) is 0 Å². The van der Waals surface area contributed by atoms with Crippen LogP contribution in [0.1, 0.15) is 26.3 Å². The van der Waals surface area contributed by atoms with E-state index >= 15 is 0 Å². The summed E-state index contributed by atoms with van der Waals surface area (Å²) in [7, 11) is 0. The Hall–Kier alpha value is -1.69. The fraction of sp³-hybridized carbons (Fsp3) is 0.429. The van der Waals surface area contributed by atoms with E-state index < -0.39 is 11.9 Å². The highest BCUT2D eigenvalue weighted by Crippen LogP contribution is 2.18. The second-order valence-corrected chi connectivity index (χ2v) is 4.72. The monoisotopic (exact) mass is 298 g/mol. The fourth-order valence-electron chi connectivity index (χ4n) is 1.82. The number of nitrogens with two attached hydrogens (primary N) is 1. The van der Waals surface area contributed by atoms with E-state index in [9.17, 15) is 9.18 Å². The Bertz CT molecular complexity index is 504. The molecule has 0 fully saturated rings. The number of likely N-dealkylation sites (N-methyl/N-ethyl adjacent to an activating group) is 1. The number of carbonyl (C=O) groups excluding carboxylic acids is 1. The van der Waals surface area contributed by atoms with Crippen molar-refractivity contribution in [3.05, 3.63) is 29.6 Å². The first-order valence-corrected chi connectivity index (χ1v) is 6.86. The van der Waals surface area contributed by atoms with Crippen molar-refractivity contribution < 1.29 is 13.9 Å². The lowest BCUT2D eigenvalue weighted by Crippen LogP contribution is -2.40. The summed E-state index contributed by atoms with van der Waals surface area (Å²) < 4.78 is 19.2. The summed E-state index contributed by atoms with van der Waals surface area (Å²) in [6.07, 6.45) is -0.676. The van der Waals surface area contributed by atoms with Crippen LogP contribution in [-0.4, -0.2) is 35.0 Å². The molecule has 1 atom stereocenters. The molecule has 0 aliphatic heterocycles. The molecule has 2 N–H and O–H groups in total. The summed E-state index contributed by atoms with van der Waals surface area (Å²) >= 11 is 4.72. The lowest BCUT2D eigenvalue weighted by Gasteiger charge is -2.23. The molecule has 1 rings (SSSR count). The highest BCUT2D eigenvalue weighted by atomic mass is 32.1. The smallest absolute Gasteiger partial charge is 0.263 e. The van der Waals surface area contributed by atoms with Crippen LogP contribution >= 0.6 is 12.2 Å². The minimum atomic E-state index is -0.676. The van der Waals surface area contributed by atoms with Gasteiger partial charge in [0.2, 0.25) is 0 Å². The number of amides is 1.